The number of nitrogens with zero attached hydrogens (tertiary/aromatic N) is 4. The van der Waals surface area contributed by atoms with E-state index in [0.29, 0.717) is 26.1 Å². The molecule has 0 radical (unpaired) electrons. The van der Waals surface area contributed by atoms with Crippen molar-refractivity contribution in [2.24, 2.45) is 0 Å². The van der Waals surface area contributed by atoms with Crippen LogP contribution in [-0.2, 0) is 12.8 Å². The van der Waals surface area contributed by atoms with Crippen molar-refractivity contribution in [1.29, 1.82) is 0 Å². The predicted molar refractivity (Wildman–Crippen MR) is 105 cm³/mol. The molecule has 0 N–H and O–H groups in total. The predicted octanol–water partition coefficient (Wildman–Crippen LogP) is 3.15. The summed E-state index contributed by atoms with van der Waals surface area (Å²) in [6, 6.07) is 14.0. The minimum Gasteiger partial charge on any atom is -0.497 e. The zero-order valence-electron chi connectivity index (χ0n) is 15.3. The molecule has 5 rings (SSSR count). The second-order valence-electron chi connectivity index (χ2n) is 6.49. The topological polar surface area (TPSA) is 70.8 Å². The van der Waals surface area contributed by atoms with Gasteiger partial charge in [-0.1, -0.05) is 29.5 Å². The lowest BCUT2D eigenvalue weighted by Crippen LogP contribution is -2.15. The number of rotatable bonds is 5. The van der Waals surface area contributed by atoms with Gasteiger partial charge in [-0.2, -0.15) is 9.61 Å². The van der Waals surface area contributed by atoms with Crippen molar-refractivity contribution in [2.75, 3.05) is 20.3 Å². The number of aromatic nitrogens is 4. The third-order valence-corrected chi connectivity index (χ3v) is 5.48. The Bertz CT molecular complexity index is 1120. The summed E-state index contributed by atoms with van der Waals surface area (Å²) in [5.41, 5.74) is 2.27. The van der Waals surface area contributed by atoms with E-state index in [-0.39, 0.29) is 0 Å². The Morgan fingerprint density at radius 2 is 1.75 bits per heavy atom. The summed E-state index contributed by atoms with van der Waals surface area (Å²) in [5, 5.41) is 14.3. The van der Waals surface area contributed by atoms with E-state index in [2.05, 4.69) is 10.2 Å². The maximum Gasteiger partial charge on any atom is 0.234 e. The molecule has 1 aliphatic heterocycles. The molecule has 0 unspecified atom stereocenters. The van der Waals surface area contributed by atoms with E-state index in [4.69, 9.17) is 19.3 Å². The molecule has 3 heterocycles. The molecule has 0 atom stereocenters. The van der Waals surface area contributed by atoms with Crippen LogP contribution in [0.5, 0.6) is 17.2 Å². The van der Waals surface area contributed by atoms with Crippen molar-refractivity contribution in [3.8, 4) is 17.2 Å². The highest BCUT2D eigenvalue weighted by molar-refractivity contribution is 7.16. The molecule has 1 aliphatic rings. The Morgan fingerprint density at radius 1 is 0.964 bits per heavy atom. The van der Waals surface area contributed by atoms with Crippen molar-refractivity contribution in [3.63, 3.8) is 0 Å². The van der Waals surface area contributed by atoms with Crippen LogP contribution >= 0.6 is 11.3 Å². The van der Waals surface area contributed by atoms with Crippen LogP contribution in [0.25, 0.3) is 4.96 Å². The first-order chi connectivity index (χ1) is 13.8. The van der Waals surface area contributed by atoms with Crippen LogP contribution in [0.1, 0.15) is 22.0 Å². The molecule has 0 amide bonds. The zero-order chi connectivity index (χ0) is 18.9. The van der Waals surface area contributed by atoms with Gasteiger partial charge in [0.15, 0.2) is 17.3 Å². The molecule has 0 saturated heterocycles. The Hall–Kier alpha value is -3.13. The van der Waals surface area contributed by atoms with Gasteiger partial charge in [-0.25, -0.2) is 0 Å². The molecule has 8 heteroatoms. The lowest BCUT2D eigenvalue weighted by molar-refractivity contribution is 0.171. The molecule has 0 saturated carbocycles. The molecule has 28 heavy (non-hydrogen) atoms. The molecule has 7 nitrogen and oxygen atoms in total. The number of ether oxygens (including phenoxy) is 3. The van der Waals surface area contributed by atoms with E-state index in [1.807, 2.05) is 47.0 Å². The first-order valence-electron chi connectivity index (χ1n) is 9.00. The summed E-state index contributed by atoms with van der Waals surface area (Å²) in [6.45, 7) is 1.18. The molecular formula is C20H18N4O3S. The van der Waals surface area contributed by atoms with E-state index in [1.165, 1.54) is 0 Å². The summed E-state index contributed by atoms with van der Waals surface area (Å²) in [4.78, 5) is 0.802. The lowest BCUT2D eigenvalue weighted by atomic mass is 10.1. The molecular weight excluding hydrogens is 376 g/mol. The van der Waals surface area contributed by atoms with Crippen LogP contribution in [0.2, 0.25) is 0 Å². The van der Waals surface area contributed by atoms with E-state index < -0.39 is 0 Å². The summed E-state index contributed by atoms with van der Waals surface area (Å²) in [5.74, 6) is 3.26. The molecule has 0 fully saturated rings. The van der Waals surface area contributed by atoms with Gasteiger partial charge >= 0.3 is 0 Å². The van der Waals surface area contributed by atoms with Crippen LogP contribution in [0, 0.1) is 0 Å². The fourth-order valence-electron chi connectivity index (χ4n) is 3.18. The third-order valence-electron chi connectivity index (χ3n) is 4.58. The lowest BCUT2D eigenvalue weighted by Gasteiger charge is -2.18. The zero-order valence-corrected chi connectivity index (χ0v) is 16.1. The first-order valence-corrected chi connectivity index (χ1v) is 9.81. The van der Waals surface area contributed by atoms with Crippen molar-refractivity contribution in [2.45, 2.75) is 12.8 Å². The summed E-state index contributed by atoms with van der Waals surface area (Å²) in [6.07, 6.45) is 1.38. The Labute approximate surface area is 165 Å². The van der Waals surface area contributed by atoms with E-state index >= 15 is 0 Å². The summed E-state index contributed by atoms with van der Waals surface area (Å²) in [7, 11) is 1.66. The van der Waals surface area contributed by atoms with Crippen LogP contribution in [0.15, 0.2) is 42.5 Å². The Balaban J connectivity index is 1.37. The highest BCUT2D eigenvalue weighted by Crippen LogP contribution is 2.31. The van der Waals surface area contributed by atoms with Crippen molar-refractivity contribution >= 4 is 16.3 Å². The SMILES string of the molecule is COc1ccc(Cc2nnc3sc(Cc4ccc5c(c4)OCCO5)nn23)cc1. The average Bonchev–Trinajstić information content (AvgIpc) is 3.29. The van der Waals surface area contributed by atoms with E-state index in [1.54, 1.807) is 18.4 Å². The molecule has 0 bridgehead atoms. The smallest absolute Gasteiger partial charge is 0.234 e. The largest absolute Gasteiger partial charge is 0.497 e. The van der Waals surface area contributed by atoms with Crippen LogP contribution in [-0.4, -0.2) is 40.1 Å². The quantitative estimate of drug-likeness (QED) is 0.518. The first kappa shape index (κ1) is 17.0. The van der Waals surface area contributed by atoms with Gasteiger partial charge in [0.05, 0.1) is 7.11 Å². The van der Waals surface area contributed by atoms with Gasteiger partial charge < -0.3 is 14.2 Å². The molecule has 4 aromatic rings. The van der Waals surface area contributed by atoms with Crippen LogP contribution in [0.3, 0.4) is 0 Å². The monoisotopic (exact) mass is 394 g/mol. The van der Waals surface area contributed by atoms with Gasteiger partial charge in [0, 0.05) is 12.8 Å². The number of hydrogen-bond acceptors (Lipinski definition) is 7. The van der Waals surface area contributed by atoms with Gasteiger partial charge in [-0.15, -0.1) is 10.2 Å². The average molecular weight is 394 g/mol. The molecule has 2 aromatic heterocycles. The van der Waals surface area contributed by atoms with E-state index in [0.717, 1.165) is 44.2 Å². The molecule has 0 aliphatic carbocycles. The van der Waals surface area contributed by atoms with Crippen molar-refractivity contribution in [1.82, 2.24) is 19.8 Å². The second-order valence-corrected chi connectivity index (χ2v) is 7.53. The third kappa shape index (κ3) is 3.27. The van der Waals surface area contributed by atoms with Gasteiger partial charge in [0.2, 0.25) is 4.96 Å². The number of hydrogen-bond donors (Lipinski definition) is 0. The highest BCUT2D eigenvalue weighted by Gasteiger charge is 2.15. The Morgan fingerprint density at radius 3 is 2.57 bits per heavy atom. The molecule has 142 valence electrons. The number of fused-ring (bicyclic) bond motifs is 2. The van der Waals surface area contributed by atoms with Crippen LogP contribution < -0.4 is 14.2 Å². The van der Waals surface area contributed by atoms with Crippen molar-refractivity contribution < 1.29 is 14.2 Å². The van der Waals surface area contributed by atoms with Gasteiger partial charge in [-0.05, 0) is 35.4 Å². The van der Waals surface area contributed by atoms with E-state index in [9.17, 15) is 0 Å². The summed E-state index contributed by atoms with van der Waals surface area (Å²) >= 11 is 1.55. The Kier molecular flexibility index (Phi) is 4.32. The fraction of sp³-hybridized carbons (Fsp3) is 0.250. The second kappa shape index (κ2) is 7.12. The minimum absolute atomic E-state index is 0.585. The van der Waals surface area contributed by atoms with Gasteiger partial charge in [-0.3, -0.25) is 0 Å². The normalized spacial score (nSPS) is 13.0. The maximum absolute atomic E-state index is 5.67. The van der Waals surface area contributed by atoms with Crippen LogP contribution in [0.4, 0.5) is 0 Å². The van der Waals surface area contributed by atoms with Gasteiger partial charge in [0.25, 0.3) is 0 Å². The summed E-state index contributed by atoms with van der Waals surface area (Å²) < 4.78 is 18.3. The number of benzene rings is 2. The minimum atomic E-state index is 0.585. The maximum atomic E-state index is 5.67. The molecule has 2 aromatic carbocycles. The number of methoxy groups -OCH3 is 1. The van der Waals surface area contributed by atoms with Gasteiger partial charge in [0.1, 0.15) is 24.0 Å². The highest BCUT2D eigenvalue weighted by atomic mass is 32.1. The van der Waals surface area contributed by atoms with Crippen molar-refractivity contribution in [3.05, 3.63) is 64.4 Å². The standard InChI is InChI=1S/C20H18N4O3S/c1-25-15-5-2-13(3-6-15)11-18-21-22-20-24(18)23-19(28-20)12-14-4-7-16-17(10-14)27-9-8-26-16/h2-7,10H,8-9,11-12H2,1H3. The fourth-order valence-corrected chi connectivity index (χ4v) is 4.06. The molecule has 0 spiro atoms.